The Balaban J connectivity index is 2.13. The Morgan fingerprint density at radius 1 is 1.32 bits per heavy atom. The van der Waals surface area contributed by atoms with Gasteiger partial charge in [0, 0.05) is 25.3 Å². The molecule has 0 bridgehead atoms. The van der Waals surface area contributed by atoms with Gasteiger partial charge in [-0.15, -0.1) is 0 Å². The van der Waals surface area contributed by atoms with Gasteiger partial charge in [0.05, 0.1) is 18.9 Å². The van der Waals surface area contributed by atoms with E-state index in [1.165, 1.54) is 0 Å². The molecule has 0 saturated heterocycles. The first kappa shape index (κ1) is 13.4. The predicted octanol–water partition coefficient (Wildman–Crippen LogP) is 2.53. The summed E-state index contributed by atoms with van der Waals surface area (Å²) in [6.45, 7) is 4.00. The molecule has 19 heavy (non-hydrogen) atoms. The van der Waals surface area contributed by atoms with E-state index in [4.69, 9.17) is 9.47 Å². The van der Waals surface area contributed by atoms with E-state index in [0.717, 1.165) is 29.4 Å². The number of aromatic amines is 1. The van der Waals surface area contributed by atoms with Crippen molar-refractivity contribution >= 4 is 5.82 Å². The van der Waals surface area contributed by atoms with Gasteiger partial charge in [-0.05, 0) is 19.1 Å². The van der Waals surface area contributed by atoms with Crippen LogP contribution in [0.25, 0.3) is 11.3 Å². The summed E-state index contributed by atoms with van der Waals surface area (Å²) < 4.78 is 10.6. The quantitative estimate of drug-likeness (QED) is 0.752. The number of nitrogens with one attached hydrogen (secondary N) is 2. The molecule has 0 aliphatic carbocycles. The minimum Gasteiger partial charge on any atom is -0.493 e. The lowest BCUT2D eigenvalue weighted by atomic mass is 10.1. The number of methoxy groups -OCH3 is 1. The van der Waals surface area contributed by atoms with Crippen molar-refractivity contribution in [1.29, 1.82) is 0 Å². The van der Waals surface area contributed by atoms with Gasteiger partial charge in [0.2, 0.25) is 0 Å². The monoisotopic (exact) mass is 261 g/mol. The first-order valence-electron chi connectivity index (χ1n) is 6.35. The molecule has 5 heteroatoms. The first-order chi connectivity index (χ1) is 9.35. The Morgan fingerprint density at radius 3 is 2.95 bits per heavy atom. The smallest absolute Gasteiger partial charge is 0.148 e. The Hall–Kier alpha value is -2.01. The van der Waals surface area contributed by atoms with Gasteiger partial charge in [0.15, 0.2) is 0 Å². The topological polar surface area (TPSA) is 59.2 Å². The number of hydrogen-bond acceptors (Lipinski definition) is 4. The maximum atomic E-state index is 5.61. The number of anilines is 1. The fraction of sp³-hybridized carbons (Fsp3) is 0.357. The lowest BCUT2D eigenvalue weighted by Gasteiger charge is -2.07. The van der Waals surface area contributed by atoms with Crippen LogP contribution in [0.4, 0.5) is 5.82 Å². The van der Waals surface area contributed by atoms with E-state index in [0.29, 0.717) is 13.2 Å². The summed E-state index contributed by atoms with van der Waals surface area (Å²) in [6.07, 6.45) is 0. The highest BCUT2D eigenvalue weighted by Crippen LogP contribution is 2.29. The summed E-state index contributed by atoms with van der Waals surface area (Å²) in [7, 11) is 1.68. The van der Waals surface area contributed by atoms with Crippen LogP contribution < -0.4 is 10.1 Å². The summed E-state index contributed by atoms with van der Waals surface area (Å²) in [4.78, 5) is 0. The number of hydrogen-bond donors (Lipinski definition) is 2. The number of H-pyrrole nitrogens is 1. The van der Waals surface area contributed by atoms with Crippen LogP contribution in [0.1, 0.15) is 6.92 Å². The second-order valence-corrected chi connectivity index (χ2v) is 4.02. The SMILES string of the molecule is CCOc1ccccc1-c1cc(NCCOC)n[nH]1. The maximum Gasteiger partial charge on any atom is 0.148 e. The third kappa shape index (κ3) is 3.48. The summed E-state index contributed by atoms with van der Waals surface area (Å²) in [5, 5.41) is 10.4. The van der Waals surface area contributed by atoms with Crippen LogP contribution in [0.3, 0.4) is 0 Å². The fourth-order valence-corrected chi connectivity index (χ4v) is 1.80. The maximum absolute atomic E-state index is 5.61. The minimum absolute atomic E-state index is 0.643. The molecule has 0 radical (unpaired) electrons. The van der Waals surface area contributed by atoms with Gasteiger partial charge in [0.1, 0.15) is 11.6 Å². The van der Waals surface area contributed by atoms with Crippen molar-refractivity contribution in [3.05, 3.63) is 30.3 Å². The molecule has 102 valence electrons. The van der Waals surface area contributed by atoms with Crippen molar-refractivity contribution in [2.45, 2.75) is 6.92 Å². The second kappa shape index (κ2) is 6.80. The van der Waals surface area contributed by atoms with E-state index in [-0.39, 0.29) is 0 Å². The number of aromatic nitrogens is 2. The average molecular weight is 261 g/mol. The molecule has 1 aromatic carbocycles. The second-order valence-electron chi connectivity index (χ2n) is 4.02. The van der Waals surface area contributed by atoms with Gasteiger partial charge in [-0.25, -0.2) is 0 Å². The Labute approximate surface area is 112 Å². The van der Waals surface area contributed by atoms with Gasteiger partial charge in [-0.3, -0.25) is 5.10 Å². The van der Waals surface area contributed by atoms with Crippen molar-refractivity contribution in [1.82, 2.24) is 10.2 Å². The molecule has 0 atom stereocenters. The Bertz CT molecular complexity index is 511. The summed E-state index contributed by atoms with van der Waals surface area (Å²) in [6, 6.07) is 9.88. The van der Waals surface area contributed by atoms with Crippen molar-refractivity contribution in [3.8, 4) is 17.0 Å². The molecule has 1 aromatic heterocycles. The molecule has 0 saturated carbocycles. The Morgan fingerprint density at radius 2 is 2.16 bits per heavy atom. The zero-order valence-electron chi connectivity index (χ0n) is 11.3. The van der Waals surface area contributed by atoms with Gasteiger partial charge < -0.3 is 14.8 Å². The van der Waals surface area contributed by atoms with E-state index in [2.05, 4.69) is 15.5 Å². The summed E-state index contributed by atoms with van der Waals surface area (Å²) >= 11 is 0. The lowest BCUT2D eigenvalue weighted by Crippen LogP contribution is -2.07. The van der Waals surface area contributed by atoms with Crippen LogP contribution in [0, 0.1) is 0 Å². The highest BCUT2D eigenvalue weighted by Gasteiger charge is 2.08. The van der Waals surface area contributed by atoms with Crippen LogP contribution in [0.5, 0.6) is 5.75 Å². The molecule has 0 unspecified atom stereocenters. The molecular weight excluding hydrogens is 242 g/mol. The molecule has 5 nitrogen and oxygen atoms in total. The molecule has 2 N–H and O–H groups in total. The zero-order chi connectivity index (χ0) is 13.5. The zero-order valence-corrected chi connectivity index (χ0v) is 11.3. The van der Waals surface area contributed by atoms with Crippen LogP contribution in [0.15, 0.2) is 30.3 Å². The molecule has 1 heterocycles. The van der Waals surface area contributed by atoms with Crippen molar-refractivity contribution in [2.75, 3.05) is 32.2 Å². The van der Waals surface area contributed by atoms with E-state index >= 15 is 0 Å². The number of nitrogens with zero attached hydrogens (tertiary/aromatic N) is 1. The number of para-hydroxylation sites is 1. The van der Waals surface area contributed by atoms with Gasteiger partial charge in [-0.1, -0.05) is 12.1 Å². The van der Waals surface area contributed by atoms with Crippen molar-refractivity contribution in [3.63, 3.8) is 0 Å². The molecule has 0 spiro atoms. The molecule has 2 aromatic rings. The average Bonchev–Trinajstić information content (AvgIpc) is 2.89. The number of rotatable bonds is 7. The highest BCUT2D eigenvalue weighted by molar-refractivity contribution is 5.69. The Kier molecular flexibility index (Phi) is 4.80. The molecule has 2 rings (SSSR count). The molecular formula is C14H19N3O2. The van der Waals surface area contributed by atoms with Crippen LogP contribution in [-0.2, 0) is 4.74 Å². The molecule has 0 fully saturated rings. The minimum atomic E-state index is 0.643. The van der Waals surface area contributed by atoms with E-state index in [1.807, 2.05) is 37.3 Å². The largest absolute Gasteiger partial charge is 0.493 e. The van der Waals surface area contributed by atoms with Crippen molar-refractivity contribution in [2.24, 2.45) is 0 Å². The van der Waals surface area contributed by atoms with Crippen LogP contribution in [-0.4, -0.2) is 37.1 Å². The van der Waals surface area contributed by atoms with Gasteiger partial charge in [0.25, 0.3) is 0 Å². The molecule has 0 amide bonds. The highest BCUT2D eigenvalue weighted by atomic mass is 16.5. The summed E-state index contributed by atoms with van der Waals surface area (Å²) in [5.74, 6) is 1.66. The lowest BCUT2D eigenvalue weighted by molar-refractivity contribution is 0.210. The van der Waals surface area contributed by atoms with E-state index in [1.54, 1.807) is 7.11 Å². The third-order valence-electron chi connectivity index (χ3n) is 2.67. The molecule has 0 aliphatic rings. The fourth-order valence-electron chi connectivity index (χ4n) is 1.80. The van der Waals surface area contributed by atoms with Crippen LogP contribution in [0.2, 0.25) is 0 Å². The van der Waals surface area contributed by atoms with Gasteiger partial charge >= 0.3 is 0 Å². The normalized spacial score (nSPS) is 10.4. The van der Waals surface area contributed by atoms with Gasteiger partial charge in [-0.2, -0.15) is 5.10 Å². The molecule has 0 aliphatic heterocycles. The van der Waals surface area contributed by atoms with E-state index < -0.39 is 0 Å². The number of ether oxygens (including phenoxy) is 2. The third-order valence-corrected chi connectivity index (χ3v) is 2.67. The summed E-state index contributed by atoms with van der Waals surface area (Å²) in [5.41, 5.74) is 1.95. The number of benzene rings is 1. The van der Waals surface area contributed by atoms with E-state index in [9.17, 15) is 0 Å². The van der Waals surface area contributed by atoms with Crippen molar-refractivity contribution < 1.29 is 9.47 Å². The van der Waals surface area contributed by atoms with Crippen LogP contribution >= 0.6 is 0 Å². The predicted molar refractivity (Wildman–Crippen MR) is 75.6 cm³/mol. The first-order valence-corrected chi connectivity index (χ1v) is 6.35. The standard InChI is InChI=1S/C14H19N3O2/c1-3-19-13-7-5-4-6-11(13)12-10-14(17-16-12)15-8-9-18-2/h4-7,10H,3,8-9H2,1-2H3,(H2,15,16,17).